The Kier molecular flexibility index (Phi) is 4.35. The van der Waals surface area contributed by atoms with E-state index in [1.54, 1.807) is 0 Å². The van der Waals surface area contributed by atoms with Crippen molar-refractivity contribution in [3.63, 3.8) is 0 Å². The summed E-state index contributed by atoms with van der Waals surface area (Å²) in [6, 6.07) is 0.694. The molecule has 1 saturated carbocycles. The van der Waals surface area contributed by atoms with E-state index < -0.39 is 0 Å². The fourth-order valence-electron chi connectivity index (χ4n) is 1.82. The van der Waals surface area contributed by atoms with Gasteiger partial charge in [-0.25, -0.2) is 0 Å². The highest BCUT2D eigenvalue weighted by molar-refractivity contribution is 5.78. The molecule has 4 nitrogen and oxygen atoms in total. The van der Waals surface area contributed by atoms with Gasteiger partial charge >= 0.3 is 0 Å². The molecule has 0 aliphatic heterocycles. The molecule has 0 heterocycles. The Bertz CT molecular complexity index is 186. The first-order valence-corrected chi connectivity index (χ1v) is 5.27. The first-order valence-electron chi connectivity index (χ1n) is 5.27. The second-order valence-corrected chi connectivity index (χ2v) is 4.42. The molecule has 1 rings (SSSR count). The molecule has 1 fully saturated rings. The third-order valence-electron chi connectivity index (χ3n) is 2.60. The monoisotopic (exact) mass is 199 g/mol. The van der Waals surface area contributed by atoms with Crippen molar-refractivity contribution in [3.05, 3.63) is 0 Å². The van der Waals surface area contributed by atoms with Crippen molar-refractivity contribution in [2.75, 3.05) is 20.6 Å². The van der Waals surface area contributed by atoms with Crippen LogP contribution in [0.5, 0.6) is 0 Å². The molecule has 1 aliphatic rings. The lowest BCUT2D eigenvalue weighted by atomic mass is 9.92. The highest BCUT2D eigenvalue weighted by Crippen LogP contribution is 2.16. The van der Waals surface area contributed by atoms with Crippen molar-refractivity contribution in [1.82, 2.24) is 10.2 Å². The summed E-state index contributed by atoms with van der Waals surface area (Å²) in [4.78, 5) is 13.3. The molecule has 4 heteroatoms. The van der Waals surface area contributed by atoms with Gasteiger partial charge in [0.1, 0.15) is 0 Å². The van der Waals surface area contributed by atoms with Crippen molar-refractivity contribution in [2.24, 2.45) is 5.73 Å². The Balaban J connectivity index is 2.20. The summed E-state index contributed by atoms with van der Waals surface area (Å²) in [5.74, 6) is 0.121. The van der Waals surface area contributed by atoms with Crippen molar-refractivity contribution in [2.45, 2.75) is 37.8 Å². The normalized spacial score (nSPS) is 27.7. The van der Waals surface area contributed by atoms with E-state index in [1.165, 1.54) is 0 Å². The maximum absolute atomic E-state index is 11.4. The van der Waals surface area contributed by atoms with Crippen LogP contribution in [0.4, 0.5) is 0 Å². The van der Waals surface area contributed by atoms with Gasteiger partial charge in [-0.2, -0.15) is 0 Å². The standard InChI is InChI=1S/C10H21N3O/c1-13(2)7-10(14)12-9-5-3-8(11)4-6-9/h8-9H,3-7,11H2,1-2H3,(H,12,14). The Hall–Kier alpha value is -0.610. The smallest absolute Gasteiger partial charge is 0.234 e. The van der Waals surface area contributed by atoms with Crippen LogP contribution < -0.4 is 11.1 Å². The fourth-order valence-corrected chi connectivity index (χ4v) is 1.82. The first-order chi connectivity index (χ1) is 6.58. The summed E-state index contributed by atoms with van der Waals surface area (Å²) in [5, 5.41) is 3.03. The second-order valence-electron chi connectivity index (χ2n) is 4.42. The molecule has 0 atom stereocenters. The quantitative estimate of drug-likeness (QED) is 0.669. The molecule has 0 spiro atoms. The summed E-state index contributed by atoms with van der Waals surface area (Å²) in [6.07, 6.45) is 4.13. The molecule has 0 radical (unpaired) electrons. The van der Waals surface area contributed by atoms with Crippen LogP contribution in [0.25, 0.3) is 0 Å². The lowest BCUT2D eigenvalue weighted by Crippen LogP contribution is -2.43. The predicted octanol–water partition coefficient (Wildman–Crippen LogP) is -0.0659. The molecule has 3 N–H and O–H groups in total. The Labute approximate surface area is 85.8 Å². The number of nitrogens with zero attached hydrogens (tertiary/aromatic N) is 1. The minimum atomic E-state index is 0.121. The van der Waals surface area contributed by atoms with E-state index >= 15 is 0 Å². The molecule has 14 heavy (non-hydrogen) atoms. The molecule has 0 aromatic rings. The van der Waals surface area contributed by atoms with Crippen LogP contribution in [0, 0.1) is 0 Å². The highest BCUT2D eigenvalue weighted by atomic mass is 16.2. The number of hydrogen-bond acceptors (Lipinski definition) is 3. The Morgan fingerprint density at radius 3 is 2.43 bits per heavy atom. The molecule has 0 aromatic heterocycles. The number of amides is 1. The molecule has 0 saturated heterocycles. The number of nitrogens with one attached hydrogen (secondary N) is 1. The van der Waals surface area contributed by atoms with E-state index in [0.717, 1.165) is 25.7 Å². The van der Waals surface area contributed by atoms with Gasteiger partial charge in [-0.15, -0.1) is 0 Å². The molecule has 0 aromatic carbocycles. The summed E-state index contributed by atoms with van der Waals surface area (Å²) in [7, 11) is 3.80. The zero-order valence-electron chi connectivity index (χ0n) is 9.12. The van der Waals surface area contributed by atoms with Crippen LogP contribution >= 0.6 is 0 Å². The average molecular weight is 199 g/mol. The maximum atomic E-state index is 11.4. The highest BCUT2D eigenvalue weighted by Gasteiger charge is 2.19. The van der Waals surface area contributed by atoms with Crippen molar-refractivity contribution >= 4 is 5.91 Å². The predicted molar refractivity (Wildman–Crippen MR) is 56.9 cm³/mol. The molecule has 0 bridgehead atoms. The van der Waals surface area contributed by atoms with Crippen LogP contribution in [0.15, 0.2) is 0 Å². The first kappa shape index (κ1) is 11.5. The number of carbonyl (C=O) groups excluding carboxylic acids is 1. The average Bonchev–Trinajstić information content (AvgIpc) is 2.07. The van der Waals surface area contributed by atoms with Crippen LogP contribution in [0.2, 0.25) is 0 Å². The third kappa shape index (κ3) is 4.07. The van der Waals surface area contributed by atoms with Crippen LogP contribution in [0.3, 0.4) is 0 Å². The lowest BCUT2D eigenvalue weighted by molar-refractivity contribution is -0.122. The zero-order chi connectivity index (χ0) is 10.6. The van der Waals surface area contributed by atoms with Gasteiger partial charge in [-0.05, 0) is 39.8 Å². The largest absolute Gasteiger partial charge is 0.352 e. The number of nitrogens with two attached hydrogens (primary N) is 1. The SMILES string of the molecule is CN(C)CC(=O)NC1CCC(N)CC1. The Morgan fingerprint density at radius 1 is 1.36 bits per heavy atom. The van der Waals surface area contributed by atoms with Gasteiger partial charge in [0.2, 0.25) is 5.91 Å². The second kappa shape index (κ2) is 5.32. The molecule has 1 amide bonds. The van der Waals surface area contributed by atoms with Gasteiger partial charge in [0, 0.05) is 12.1 Å². The van der Waals surface area contributed by atoms with Crippen molar-refractivity contribution < 1.29 is 4.79 Å². The van der Waals surface area contributed by atoms with Gasteiger partial charge < -0.3 is 16.0 Å². The molecule has 1 aliphatic carbocycles. The lowest BCUT2D eigenvalue weighted by Gasteiger charge is -2.27. The van der Waals surface area contributed by atoms with E-state index in [4.69, 9.17) is 5.73 Å². The van der Waals surface area contributed by atoms with E-state index in [0.29, 0.717) is 18.6 Å². The maximum Gasteiger partial charge on any atom is 0.234 e. The zero-order valence-corrected chi connectivity index (χ0v) is 9.12. The summed E-state index contributed by atoms with van der Waals surface area (Å²) >= 11 is 0. The minimum absolute atomic E-state index is 0.121. The van der Waals surface area contributed by atoms with Crippen LogP contribution in [0.1, 0.15) is 25.7 Å². The van der Waals surface area contributed by atoms with E-state index in [1.807, 2.05) is 19.0 Å². The van der Waals surface area contributed by atoms with Gasteiger partial charge in [-0.1, -0.05) is 0 Å². The molecule has 82 valence electrons. The molecular weight excluding hydrogens is 178 g/mol. The number of rotatable bonds is 3. The van der Waals surface area contributed by atoms with Gasteiger partial charge in [0.05, 0.1) is 6.54 Å². The summed E-state index contributed by atoms with van der Waals surface area (Å²) in [6.45, 7) is 0.475. The van der Waals surface area contributed by atoms with Gasteiger partial charge in [-0.3, -0.25) is 4.79 Å². The summed E-state index contributed by atoms with van der Waals surface area (Å²) < 4.78 is 0. The third-order valence-corrected chi connectivity index (χ3v) is 2.60. The van der Waals surface area contributed by atoms with Crippen LogP contribution in [-0.4, -0.2) is 43.5 Å². The fraction of sp³-hybridized carbons (Fsp3) is 0.900. The number of hydrogen-bond donors (Lipinski definition) is 2. The van der Waals surface area contributed by atoms with Crippen LogP contribution in [-0.2, 0) is 4.79 Å². The minimum Gasteiger partial charge on any atom is -0.352 e. The topological polar surface area (TPSA) is 58.4 Å². The van der Waals surface area contributed by atoms with Gasteiger partial charge in [0.25, 0.3) is 0 Å². The van der Waals surface area contributed by atoms with E-state index in [9.17, 15) is 4.79 Å². The number of likely N-dealkylation sites (N-methyl/N-ethyl adjacent to an activating group) is 1. The van der Waals surface area contributed by atoms with E-state index in [-0.39, 0.29) is 5.91 Å². The number of carbonyl (C=O) groups is 1. The van der Waals surface area contributed by atoms with Gasteiger partial charge in [0.15, 0.2) is 0 Å². The molecular formula is C10H21N3O. The van der Waals surface area contributed by atoms with E-state index in [2.05, 4.69) is 5.32 Å². The Morgan fingerprint density at radius 2 is 1.93 bits per heavy atom. The van der Waals surface area contributed by atoms with Crippen molar-refractivity contribution in [3.8, 4) is 0 Å². The summed E-state index contributed by atoms with van der Waals surface area (Å²) in [5.41, 5.74) is 5.79. The van der Waals surface area contributed by atoms with Crippen molar-refractivity contribution in [1.29, 1.82) is 0 Å². The molecule has 0 unspecified atom stereocenters.